The third-order valence-electron chi connectivity index (χ3n) is 2.36. The second-order valence-electron chi connectivity index (χ2n) is 3.65. The molecule has 0 saturated heterocycles. The van der Waals surface area contributed by atoms with Crippen molar-refractivity contribution in [2.45, 2.75) is 6.92 Å². The van der Waals surface area contributed by atoms with Gasteiger partial charge in [-0.25, -0.2) is 4.39 Å². The largest absolute Gasteiger partial charge is 0.397 e. The second kappa shape index (κ2) is 4.55. The van der Waals surface area contributed by atoms with Crippen LogP contribution in [0.2, 0.25) is 0 Å². The normalized spacial score (nSPS) is 10.2. The molecule has 17 heavy (non-hydrogen) atoms. The lowest BCUT2D eigenvalue weighted by molar-refractivity contribution is 0.102. The van der Waals surface area contributed by atoms with E-state index in [1.165, 1.54) is 29.5 Å². The van der Waals surface area contributed by atoms with Gasteiger partial charge in [-0.1, -0.05) is 0 Å². The number of halogens is 1. The van der Waals surface area contributed by atoms with Gasteiger partial charge >= 0.3 is 0 Å². The van der Waals surface area contributed by atoms with E-state index in [-0.39, 0.29) is 5.91 Å². The molecule has 3 nitrogen and oxygen atoms in total. The van der Waals surface area contributed by atoms with E-state index in [4.69, 9.17) is 5.73 Å². The van der Waals surface area contributed by atoms with E-state index in [0.29, 0.717) is 16.9 Å². The van der Waals surface area contributed by atoms with Crippen LogP contribution in [0.25, 0.3) is 0 Å². The molecule has 0 aliphatic heterocycles. The maximum Gasteiger partial charge on any atom is 0.256 e. The molecule has 0 atom stereocenters. The molecule has 0 bridgehead atoms. The highest BCUT2D eigenvalue weighted by atomic mass is 32.1. The first-order chi connectivity index (χ1) is 8.08. The monoisotopic (exact) mass is 250 g/mol. The van der Waals surface area contributed by atoms with Crippen LogP contribution >= 0.6 is 11.3 Å². The van der Waals surface area contributed by atoms with E-state index >= 15 is 0 Å². The Morgan fingerprint density at radius 1 is 1.41 bits per heavy atom. The van der Waals surface area contributed by atoms with E-state index in [1.807, 2.05) is 12.3 Å². The summed E-state index contributed by atoms with van der Waals surface area (Å²) < 4.78 is 13.0. The minimum absolute atomic E-state index is 0.277. The number of carbonyl (C=O) groups is 1. The lowest BCUT2D eigenvalue weighted by Crippen LogP contribution is -2.13. The summed E-state index contributed by atoms with van der Waals surface area (Å²) in [4.78, 5) is 11.9. The molecular weight excluding hydrogens is 239 g/mol. The van der Waals surface area contributed by atoms with E-state index in [2.05, 4.69) is 5.32 Å². The highest BCUT2D eigenvalue weighted by Crippen LogP contribution is 2.21. The Bertz CT molecular complexity index is 565. The van der Waals surface area contributed by atoms with Crippen LogP contribution in [0.1, 0.15) is 15.9 Å². The van der Waals surface area contributed by atoms with Gasteiger partial charge < -0.3 is 11.1 Å². The van der Waals surface area contributed by atoms with E-state index in [0.717, 1.165) is 5.56 Å². The minimum atomic E-state index is -0.434. The summed E-state index contributed by atoms with van der Waals surface area (Å²) in [5, 5.41) is 6.23. The molecule has 88 valence electrons. The van der Waals surface area contributed by atoms with Crippen LogP contribution in [-0.4, -0.2) is 5.91 Å². The van der Waals surface area contributed by atoms with Crippen molar-refractivity contribution in [3.8, 4) is 0 Å². The number of amides is 1. The molecular formula is C12H11FN2OS. The van der Waals surface area contributed by atoms with Crippen LogP contribution in [0.15, 0.2) is 29.0 Å². The number of nitrogens with one attached hydrogen (secondary N) is 1. The fourth-order valence-electron chi connectivity index (χ4n) is 1.42. The Balaban J connectivity index is 2.24. The lowest BCUT2D eigenvalue weighted by Gasteiger charge is -2.07. The van der Waals surface area contributed by atoms with Crippen LogP contribution in [0.3, 0.4) is 0 Å². The van der Waals surface area contributed by atoms with Crippen molar-refractivity contribution < 1.29 is 9.18 Å². The molecule has 2 rings (SSSR count). The first-order valence-electron chi connectivity index (χ1n) is 4.97. The zero-order valence-electron chi connectivity index (χ0n) is 9.16. The van der Waals surface area contributed by atoms with Gasteiger partial charge in [-0.2, -0.15) is 11.3 Å². The summed E-state index contributed by atoms with van der Waals surface area (Å²) in [6, 6.07) is 3.88. The highest BCUT2D eigenvalue weighted by molar-refractivity contribution is 7.08. The molecule has 0 unspecified atom stereocenters. The highest BCUT2D eigenvalue weighted by Gasteiger charge is 2.11. The number of aryl methyl sites for hydroxylation is 1. The Morgan fingerprint density at radius 3 is 2.82 bits per heavy atom. The van der Waals surface area contributed by atoms with Gasteiger partial charge in [-0.3, -0.25) is 4.79 Å². The van der Waals surface area contributed by atoms with Gasteiger partial charge in [0.15, 0.2) is 0 Å². The number of thiophene rings is 1. The van der Waals surface area contributed by atoms with Gasteiger partial charge in [0.05, 0.1) is 16.9 Å². The van der Waals surface area contributed by atoms with Crippen LogP contribution in [0.5, 0.6) is 0 Å². The maximum atomic E-state index is 13.0. The predicted octanol–water partition coefficient (Wildman–Crippen LogP) is 3.03. The number of hydrogen-bond donors (Lipinski definition) is 2. The zero-order valence-corrected chi connectivity index (χ0v) is 9.98. The van der Waals surface area contributed by atoms with Gasteiger partial charge in [-0.05, 0) is 36.1 Å². The summed E-state index contributed by atoms with van der Waals surface area (Å²) >= 11 is 1.45. The fraction of sp³-hybridized carbons (Fsp3) is 0.0833. The van der Waals surface area contributed by atoms with Gasteiger partial charge in [0.2, 0.25) is 0 Å². The maximum absolute atomic E-state index is 13.0. The van der Waals surface area contributed by atoms with Crippen LogP contribution in [0.4, 0.5) is 15.8 Å². The molecule has 0 fully saturated rings. The Labute approximate surface area is 102 Å². The predicted molar refractivity (Wildman–Crippen MR) is 67.8 cm³/mol. The van der Waals surface area contributed by atoms with Gasteiger partial charge in [0.1, 0.15) is 5.82 Å². The average molecular weight is 250 g/mol. The molecule has 0 aliphatic rings. The first kappa shape index (κ1) is 11.6. The summed E-state index contributed by atoms with van der Waals surface area (Å²) in [6.45, 7) is 1.85. The molecule has 1 amide bonds. The van der Waals surface area contributed by atoms with Crippen LogP contribution in [-0.2, 0) is 0 Å². The molecule has 1 aromatic carbocycles. The van der Waals surface area contributed by atoms with E-state index in [1.54, 1.807) is 5.38 Å². The lowest BCUT2D eigenvalue weighted by atomic mass is 10.2. The number of nitrogens with two attached hydrogens (primary N) is 1. The Hall–Kier alpha value is -1.88. The number of hydrogen-bond acceptors (Lipinski definition) is 3. The van der Waals surface area contributed by atoms with Crippen molar-refractivity contribution in [2.24, 2.45) is 0 Å². The molecule has 1 heterocycles. The van der Waals surface area contributed by atoms with Crippen molar-refractivity contribution in [3.05, 3.63) is 45.9 Å². The zero-order chi connectivity index (χ0) is 12.4. The van der Waals surface area contributed by atoms with E-state index < -0.39 is 5.82 Å². The Morgan fingerprint density at radius 2 is 2.18 bits per heavy atom. The van der Waals surface area contributed by atoms with Crippen molar-refractivity contribution in [3.63, 3.8) is 0 Å². The average Bonchev–Trinajstić information content (AvgIpc) is 2.70. The van der Waals surface area contributed by atoms with Crippen LogP contribution < -0.4 is 11.1 Å². The number of benzene rings is 1. The number of nitrogen functional groups attached to an aromatic ring is 1. The number of rotatable bonds is 2. The van der Waals surface area contributed by atoms with Gasteiger partial charge in [0, 0.05) is 5.38 Å². The van der Waals surface area contributed by atoms with Gasteiger partial charge in [0.25, 0.3) is 5.91 Å². The molecule has 0 aliphatic carbocycles. The standard InChI is InChI=1S/C12H11FN2OS/c1-7-5-17-6-9(7)12(16)15-11-4-8(13)2-3-10(11)14/h2-6H,14H2,1H3,(H,15,16). The quantitative estimate of drug-likeness (QED) is 0.805. The molecule has 0 saturated carbocycles. The third-order valence-corrected chi connectivity index (χ3v) is 3.23. The number of carbonyl (C=O) groups excluding carboxylic acids is 1. The second-order valence-corrected chi connectivity index (χ2v) is 4.40. The Kier molecular flexibility index (Phi) is 3.10. The van der Waals surface area contributed by atoms with Crippen molar-refractivity contribution in [1.29, 1.82) is 0 Å². The third kappa shape index (κ3) is 2.45. The van der Waals surface area contributed by atoms with Gasteiger partial charge in [-0.15, -0.1) is 0 Å². The molecule has 0 spiro atoms. The molecule has 3 N–H and O–H groups in total. The summed E-state index contributed by atoms with van der Waals surface area (Å²) in [5.41, 5.74) is 7.76. The smallest absolute Gasteiger partial charge is 0.256 e. The first-order valence-corrected chi connectivity index (χ1v) is 5.91. The van der Waals surface area contributed by atoms with Crippen LogP contribution in [0, 0.1) is 12.7 Å². The fourth-order valence-corrected chi connectivity index (χ4v) is 2.25. The molecule has 5 heteroatoms. The molecule has 2 aromatic rings. The number of anilines is 2. The minimum Gasteiger partial charge on any atom is -0.397 e. The summed E-state index contributed by atoms with van der Waals surface area (Å²) in [5.74, 6) is -0.711. The molecule has 1 aromatic heterocycles. The van der Waals surface area contributed by atoms with Crippen molar-refractivity contribution in [1.82, 2.24) is 0 Å². The van der Waals surface area contributed by atoms with E-state index in [9.17, 15) is 9.18 Å². The molecule has 0 radical (unpaired) electrons. The van der Waals surface area contributed by atoms with Crippen molar-refractivity contribution in [2.75, 3.05) is 11.1 Å². The summed E-state index contributed by atoms with van der Waals surface area (Å²) in [6.07, 6.45) is 0. The SMILES string of the molecule is Cc1cscc1C(=O)Nc1cc(F)ccc1N. The topological polar surface area (TPSA) is 55.1 Å². The van der Waals surface area contributed by atoms with Crippen molar-refractivity contribution >= 4 is 28.6 Å². The summed E-state index contributed by atoms with van der Waals surface area (Å²) in [7, 11) is 0.